The largest absolute Gasteiger partial charge is 0.493 e. The zero-order valence-electron chi connectivity index (χ0n) is 22.2. The van der Waals surface area contributed by atoms with Crippen LogP contribution in [0.2, 0.25) is 0 Å². The van der Waals surface area contributed by atoms with Gasteiger partial charge in [-0.15, -0.1) is 11.3 Å². The van der Waals surface area contributed by atoms with Crippen LogP contribution in [-0.4, -0.2) is 59.2 Å². The van der Waals surface area contributed by atoms with E-state index in [0.29, 0.717) is 30.2 Å². The maximum atomic E-state index is 12.4. The first-order valence-electron chi connectivity index (χ1n) is 12.7. The van der Waals surface area contributed by atoms with Crippen molar-refractivity contribution in [3.8, 4) is 22.1 Å². The quantitative estimate of drug-likeness (QED) is 0.225. The summed E-state index contributed by atoms with van der Waals surface area (Å²) in [5.74, 6) is 0.695. The summed E-state index contributed by atoms with van der Waals surface area (Å²) in [6.07, 6.45) is 2.54. The van der Waals surface area contributed by atoms with Gasteiger partial charge in [-0.3, -0.25) is 9.59 Å². The number of aliphatic carboxylic acids is 1. The molecule has 0 unspecified atom stereocenters. The van der Waals surface area contributed by atoms with Crippen LogP contribution in [0.1, 0.15) is 46.4 Å². The number of aryl methyl sites for hydroxylation is 2. The van der Waals surface area contributed by atoms with E-state index in [1.54, 1.807) is 19.0 Å². The molecule has 2 aromatic heterocycles. The molecule has 0 saturated heterocycles. The summed E-state index contributed by atoms with van der Waals surface area (Å²) in [7, 11) is 3.50. The summed E-state index contributed by atoms with van der Waals surface area (Å²) in [6.45, 7) is 5.02. The number of carboxylic acid groups (broad SMARTS) is 1. The number of benzene rings is 2. The van der Waals surface area contributed by atoms with Gasteiger partial charge in [0.05, 0.1) is 25.3 Å². The molecule has 0 aliphatic heterocycles. The number of carbonyl (C=O) groups is 2. The molecule has 8 nitrogen and oxygen atoms in total. The van der Waals surface area contributed by atoms with E-state index in [4.69, 9.17) is 14.6 Å². The number of aromatic amines is 1. The third kappa shape index (κ3) is 6.52. The molecule has 9 heteroatoms. The first-order valence-corrected chi connectivity index (χ1v) is 13.5. The molecule has 0 saturated carbocycles. The van der Waals surface area contributed by atoms with Gasteiger partial charge in [0.15, 0.2) is 0 Å². The van der Waals surface area contributed by atoms with Crippen LogP contribution in [0, 0.1) is 6.92 Å². The Morgan fingerprint density at radius 2 is 1.87 bits per heavy atom. The Bertz CT molecular complexity index is 1440. The van der Waals surface area contributed by atoms with E-state index in [1.807, 2.05) is 43.3 Å². The van der Waals surface area contributed by atoms with Crippen LogP contribution in [-0.2, 0) is 17.6 Å². The van der Waals surface area contributed by atoms with Crippen molar-refractivity contribution in [1.29, 1.82) is 0 Å². The number of ether oxygens (including phenoxy) is 2. The molecule has 38 heavy (non-hydrogen) atoms. The zero-order valence-corrected chi connectivity index (χ0v) is 23.0. The van der Waals surface area contributed by atoms with Gasteiger partial charge in [0, 0.05) is 42.7 Å². The number of thiazole rings is 1. The number of H-pyrrole nitrogens is 1. The zero-order chi connectivity index (χ0) is 27.2. The third-order valence-electron chi connectivity index (χ3n) is 6.03. The number of nitrogens with zero attached hydrogens (tertiary/aromatic N) is 2. The van der Waals surface area contributed by atoms with Gasteiger partial charge in [-0.2, -0.15) is 0 Å². The molecule has 1 amide bonds. The van der Waals surface area contributed by atoms with Crippen molar-refractivity contribution in [2.75, 3.05) is 27.3 Å². The van der Waals surface area contributed by atoms with Gasteiger partial charge in [0.25, 0.3) is 5.91 Å². The van der Waals surface area contributed by atoms with Crippen LogP contribution in [0.3, 0.4) is 0 Å². The highest BCUT2D eigenvalue weighted by Crippen LogP contribution is 2.32. The first kappa shape index (κ1) is 27.2. The highest BCUT2D eigenvalue weighted by molar-refractivity contribution is 7.17. The van der Waals surface area contributed by atoms with E-state index in [0.717, 1.165) is 57.1 Å². The lowest BCUT2D eigenvalue weighted by atomic mass is 10.1. The van der Waals surface area contributed by atoms with Crippen molar-refractivity contribution in [2.45, 2.75) is 39.5 Å². The number of nitrogens with one attached hydrogen (secondary N) is 1. The fourth-order valence-corrected chi connectivity index (χ4v) is 5.27. The number of aromatic nitrogens is 2. The molecule has 0 radical (unpaired) electrons. The molecule has 0 aliphatic carbocycles. The highest BCUT2D eigenvalue weighted by atomic mass is 32.1. The van der Waals surface area contributed by atoms with Crippen molar-refractivity contribution < 1.29 is 24.2 Å². The van der Waals surface area contributed by atoms with Gasteiger partial charge < -0.3 is 24.5 Å². The Hall–Kier alpha value is -3.85. The van der Waals surface area contributed by atoms with Crippen LogP contribution in [0.25, 0.3) is 21.5 Å². The van der Waals surface area contributed by atoms with E-state index in [1.165, 1.54) is 11.3 Å². The average Bonchev–Trinajstić information content (AvgIpc) is 3.46. The predicted molar refractivity (Wildman–Crippen MR) is 150 cm³/mol. The monoisotopic (exact) mass is 535 g/mol. The molecule has 2 N–H and O–H groups in total. The minimum atomic E-state index is -0.867. The second kappa shape index (κ2) is 12.1. The van der Waals surface area contributed by atoms with Crippen molar-refractivity contribution >= 4 is 34.1 Å². The van der Waals surface area contributed by atoms with Crippen molar-refractivity contribution in [1.82, 2.24) is 14.9 Å². The topological polar surface area (TPSA) is 105 Å². The number of carboxylic acids is 1. The first-order chi connectivity index (χ1) is 18.2. The van der Waals surface area contributed by atoms with Gasteiger partial charge >= 0.3 is 5.97 Å². The molecule has 0 fully saturated rings. The van der Waals surface area contributed by atoms with Crippen LogP contribution in [0.5, 0.6) is 11.5 Å². The lowest BCUT2D eigenvalue weighted by molar-refractivity contribution is -0.136. The Morgan fingerprint density at radius 1 is 1.08 bits per heavy atom. The Kier molecular flexibility index (Phi) is 8.68. The molecular formula is C29H33N3O5S. The lowest BCUT2D eigenvalue weighted by Crippen LogP contribution is -2.21. The number of amides is 1. The molecule has 4 rings (SSSR count). The third-order valence-corrected chi connectivity index (χ3v) is 7.22. The van der Waals surface area contributed by atoms with Gasteiger partial charge in [-0.05, 0) is 61.4 Å². The molecule has 0 atom stereocenters. The van der Waals surface area contributed by atoms with Gasteiger partial charge in [0.2, 0.25) is 0 Å². The summed E-state index contributed by atoms with van der Waals surface area (Å²) in [5, 5.41) is 10.7. The summed E-state index contributed by atoms with van der Waals surface area (Å²) >= 11 is 1.42. The molecule has 2 aromatic carbocycles. The smallest absolute Gasteiger partial charge is 0.309 e. The second-order valence-electron chi connectivity index (χ2n) is 9.37. The van der Waals surface area contributed by atoms with Gasteiger partial charge in [0.1, 0.15) is 21.4 Å². The van der Waals surface area contributed by atoms with E-state index in [9.17, 15) is 9.59 Å². The predicted octanol–water partition coefficient (Wildman–Crippen LogP) is 5.73. The fourth-order valence-electron chi connectivity index (χ4n) is 4.19. The standard InChI is InChI=1S/C29H33N3O5S/c1-5-7-19-14-20(28-30-18(2)27(38-28)29(35)32(3)4)8-11-25(19)37-13-6-12-36-23-9-10-24-21(16-23)15-22(31-24)17-26(33)34/h8-11,14-16,31H,5-7,12-13,17H2,1-4H3,(H,33,34). The molecule has 200 valence electrons. The number of rotatable bonds is 12. The summed E-state index contributed by atoms with van der Waals surface area (Å²) in [4.78, 5) is 33.4. The number of fused-ring (bicyclic) bond motifs is 1. The van der Waals surface area contributed by atoms with Crippen LogP contribution < -0.4 is 9.47 Å². The van der Waals surface area contributed by atoms with Gasteiger partial charge in [-0.25, -0.2) is 4.98 Å². The van der Waals surface area contributed by atoms with Crippen molar-refractivity contribution in [3.05, 3.63) is 64.3 Å². The molecular weight excluding hydrogens is 502 g/mol. The summed E-state index contributed by atoms with van der Waals surface area (Å²) in [6, 6.07) is 13.6. The Labute approximate surface area is 226 Å². The average molecular weight is 536 g/mol. The molecule has 4 aromatic rings. The van der Waals surface area contributed by atoms with Crippen LogP contribution in [0.15, 0.2) is 42.5 Å². The molecule has 2 heterocycles. The highest BCUT2D eigenvalue weighted by Gasteiger charge is 2.18. The second-order valence-corrected chi connectivity index (χ2v) is 10.4. The summed E-state index contributed by atoms with van der Waals surface area (Å²) < 4.78 is 12.0. The van der Waals surface area contributed by atoms with E-state index >= 15 is 0 Å². The molecule has 0 bridgehead atoms. The summed E-state index contributed by atoms with van der Waals surface area (Å²) in [5.41, 5.74) is 4.41. The number of hydrogen-bond acceptors (Lipinski definition) is 6. The van der Waals surface area contributed by atoms with Crippen molar-refractivity contribution in [2.24, 2.45) is 0 Å². The molecule has 0 aliphatic rings. The SMILES string of the molecule is CCCc1cc(-c2nc(C)c(C(=O)N(C)C)s2)ccc1OCCCOc1ccc2[nH]c(CC(=O)O)cc2c1. The van der Waals surface area contributed by atoms with Crippen LogP contribution >= 0.6 is 11.3 Å². The fraction of sp³-hybridized carbons (Fsp3) is 0.345. The minimum absolute atomic E-state index is 0.0295. The Morgan fingerprint density at radius 3 is 2.61 bits per heavy atom. The normalized spacial score (nSPS) is 11.1. The van der Waals surface area contributed by atoms with Crippen molar-refractivity contribution in [3.63, 3.8) is 0 Å². The number of hydrogen-bond donors (Lipinski definition) is 2. The van der Waals surface area contributed by atoms with E-state index in [-0.39, 0.29) is 12.3 Å². The maximum absolute atomic E-state index is 12.4. The van der Waals surface area contributed by atoms with E-state index in [2.05, 4.69) is 23.0 Å². The van der Waals surface area contributed by atoms with Crippen LogP contribution in [0.4, 0.5) is 0 Å². The van der Waals surface area contributed by atoms with E-state index < -0.39 is 5.97 Å². The van der Waals surface area contributed by atoms with Gasteiger partial charge in [-0.1, -0.05) is 13.3 Å². The number of carbonyl (C=O) groups excluding carboxylic acids is 1. The minimum Gasteiger partial charge on any atom is -0.493 e. The maximum Gasteiger partial charge on any atom is 0.309 e. The Balaban J connectivity index is 1.35. The molecule has 0 spiro atoms. The lowest BCUT2D eigenvalue weighted by Gasteiger charge is -2.13.